The van der Waals surface area contributed by atoms with Gasteiger partial charge in [0.25, 0.3) is 0 Å². The molecule has 0 unspecified atom stereocenters. The van der Waals surface area contributed by atoms with Crippen LogP contribution in [0.25, 0.3) is 0 Å². The Kier molecular flexibility index (Phi) is 3.82. The summed E-state index contributed by atoms with van der Waals surface area (Å²) in [7, 11) is 0. The number of rotatable bonds is 4. The molecule has 0 spiro atoms. The zero-order valence-electron chi connectivity index (χ0n) is 9.83. The van der Waals surface area contributed by atoms with Crippen LogP contribution in [0, 0.1) is 11.8 Å². The summed E-state index contributed by atoms with van der Waals surface area (Å²) >= 11 is 0. The van der Waals surface area contributed by atoms with Gasteiger partial charge < -0.3 is 14.8 Å². The summed E-state index contributed by atoms with van der Waals surface area (Å²) in [4.78, 5) is 23.0. The van der Waals surface area contributed by atoms with Crippen LogP contribution in [-0.4, -0.2) is 17.0 Å². The molecule has 5 heteroatoms. The third kappa shape index (κ3) is 2.80. The summed E-state index contributed by atoms with van der Waals surface area (Å²) < 4.78 is 5.10. The van der Waals surface area contributed by atoms with Gasteiger partial charge in [0.15, 0.2) is 0 Å². The standard InChI is InChI=1S/C13H15NO4/c15-12(14-8-9-4-3-7-18-9)10-5-1-2-6-11(10)13(16)17/h1-4,7,10-11H,5-6,8H2,(H,14,15)(H,16,17)/t10-,11+/m1/s1. The molecule has 1 aromatic rings. The fourth-order valence-corrected chi connectivity index (χ4v) is 2.10. The molecule has 0 saturated heterocycles. The average Bonchev–Trinajstić information content (AvgIpc) is 2.89. The van der Waals surface area contributed by atoms with Gasteiger partial charge in [0.2, 0.25) is 5.91 Å². The van der Waals surface area contributed by atoms with E-state index >= 15 is 0 Å². The highest BCUT2D eigenvalue weighted by Crippen LogP contribution is 2.26. The molecule has 2 rings (SSSR count). The van der Waals surface area contributed by atoms with Crippen molar-refractivity contribution in [3.8, 4) is 0 Å². The average molecular weight is 249 g/mol. The third-order valence-corrected chi connectivity index (χ3v) is 3.10. The van der Waals surface area contributed by atoms with Crippen LogP contribution in [0.15, 0.2) is 35.0 Å². The molecule has 0 saturated carbocycles. The molecule has 0 bridgehead atoms. The van der Waals surface area contributed by atoms with Gasteiger partial charge in [0.05, 0.1) is 24.6 Å². The number of carbonyl (C=O) groups is 2. The Morgan fingerprint density at radius 3 is 2.67 bits per heavy atom. The fourth-order valence-electron chi connectivity index (χ4n) is 2.10. The number of amides is 1. The molecule has 2 N–H and O–H groups in total. The topological polar surface area (TPSA) is 79.5 Å². The van der Waals surface area contributed by atoms with E-state index < -0.39 is 17.8 Å². The molecule has 1 amide bonds. The molecule has 2 atom stereocenters. The van der Waals surface area contributed by atoms with E-state index in [2.05, 4.69) is 5.32 Å². The number of carbonyl (C=O) groups excluding carboxylic acids is 1. The van der Waals surface area contributed by atoms with Crippen LogP contribution in [0.1, 0.15) is 18.6 Å². The number of hydrogen-bond donors (Lipinski definition) is 2. The van der Waals surface area contributed by atoms with Crippen LogP contribution in [0.4, 0.5) is 0 Å². The van der Waals surface area contributed by atoms with Gasteiger partial charge in [-0.25, -0.2) is 0 Å². The molecule has 0 aliphatic heterocycles. The first-order valence-electron chi connectivity index (χ1n) is 5.86. The number of hydrogen-bond acceptors (Lipinski definition) is 3. The van der Waals surface area contributed by atoms with Crippen LogP contribution in [0.3, 0.4) is 0 Å². The normalized spacial score (nSPS) is 22.7. The molecule has 1 aliphatic carbocycles. The highest BCUT2D eigenvalue weighted by Gasteiger charge is 2.33. The largest absolute Gasteiger partial charge is 0.481 e. The Balaban J connectivity index is 1.94. The van der Waals surface area contributed by atoms with Gasteiger partial charge in [0, 0.05) is 0 Å². The van der Waals surface area contributed by atoms with E-state index in [4.69, 9.17) is 9.52 Å². The van der Waals surface area contributed by atoms with Crippen LogP contribution < -0.4 is 5.32 Å². The first-order valence-corrected chi connectivity index (χ1v) is 5.86. The summed E-state index contributed by atoms with van der Waals surface area (Å²) in [6, 6.07) is 3.50. The number of furan rings is 1. The van der Waals surface area contributed by atoms with E-state index in [-0.39, 0.29) is 5.91 Å². The molecule has 1 aromatic heterocycles. The number of allylic oxidation sites excluding steroid dienone is 2. The molecular weight excluding hydrogens is 234 g/mol. The van der Waals surface area contributed by atoms with Gasteiger partial charge in [0.1, 0.15) is 5.76 Å². The minimum absolute atomic E-state index is 0.233. The maximum atomic E-state index is 12.0. The molecule has 5 nitrogen and oxygen atoms in total. The number of carboxylic acid groups (broad SMARTS) is 1. The predicted molar refractivity (Wildman–Crippen MR) is 63.5 cm³/mol. The lowest BCUT2D eigenvalue weighted by Crippen LogP contribution is -2.38. The van der Waals surface area contributed by atoms with Gasteiger partial charge in [-0.3, -0.25) is 9.59 Å². The third-order valence-electron chi connectivity index (χ3n) is 3.10. The summed E-state index contributed by atoms with van der Waals surface area (Å²) in [5.74, 6) is -1.63. The smallest absolute Gasteiger partial charge is 0.307 e. The van der Waals surface area contributed by atoms with Crippen LogP contribution >= 0.6 is 0 Å². The molecule has 18 heavy (non-hydrogen) atoms. The highest BCUT2D eigenvalue weighted by atomic mass is 16.4. The molecule has 0 radical (unpaired) electrons. The van der Waals surface area contributed by atoms with E-state index in [0.717, 1.165) is 0 Å². The summed E-state index contributed by atoms with van der Waals surface area (Å²) in [5, 5.41) is 11.8. The van der Waals surface area contributed by atoms with Crippen molar-refractivity contribution in [2.45, 2.75) is 19.4 Å². The number of carboxylic acids is 1. The monoisotopic (exact) mass is 249 g/mol. The van der Waals surface area contributed by atoms with Crippen molar-refractivity contribution < 1.29 is 19.1 Å². The molecule has 1 heterocycles. The zero-order valence-corrected chi connectivity index (χ0v) is 9.83. The minimum Gasteiger partial charge on any atom is -0.481 e. The van der Waals surface area contributed by atoms with Crippen molar-refractivity contribution in [1.82, 2.24) is 5.32 Å². The predicted octanol–water partition coefficient (Wildman–Crippen LogP) is 1.56. The van der Waals surface area contributed by atoms with Gasteiger partial charge >= 0.3 is 5.97 Å². The van der Waals surface area contributed by atoms with Crippen LogP contribution in [0.2, 0.25) is 0 Å². The lowest BCUT2D eigenvalue weighted by atomic mass is 9.82. The molecule has 1 aliphatic rings. The van der Waals surface area contributed by atoms with Crippen molar-refractivity contribution in [1.29, 1.82) is 0 Å². The Morgan fingerprint density at radius 1 is 1.33 bits per heavy atom. The van der Waals surface area contributed by atoms with Gasteiger partial charge in [-0.1, -0.05) is 12.2 Å². The van der Waals surface area contributed by atoms with Crippen molar-refractivity contribution in [3.63, 3.8) is 0 Å². The maximum absolute atomic E-state index is 12.0. The summed E-state index contributed by atoms with van der Waals surface area (Å²) in [6.45, 7) is 0.290. The Labute approximate surface area is 104 Å². The van der Waals surface area contributed by atoms with Gasteiger partial charge in [-0.05, 0) is 25.0 Å². The molecule has 0 aromatic carbocycles. The number of aliphatic carboxylic acids is 1. The zero-order chi connectivity index (χ0) is 13.0. The Bertz CT molecular complexity index is 450. The minimum atomic E-state index is -0.919. The van der Waals surface area contributed by atoms with Crippen molar-refractivity contribution in [2.75, 3.05) is 0 Å². The first-order chi connectivity index (χ1) is 8.68. The Hall–Kier alpha value is -2.04. The van der Waals surface area contributed by atoms with Crippen LogP contribution in [0.5, 0.6) is 0 Å². The second kappa shape index (κ2) is 5.53. The molecular formula is C13H15NO4. The van der Waals surface area contributed by atoms with E-state index in [1.807, 2.05) is 12.2 Å². The van der Waals surface area contributed by atoms with Crippen molar-refractivity contribution >= 4 is 11.9 Å². The second-order valence-corrected chi connectivity index (χ2v) is 4.29. The summed E-state index contributed by atoms with van der Waals surface area (Å²) in [5.41, 5.74) is 0. The van der Waals surface area contributed by atoms with E-state index in [9.17, 15) is 9.59 Å². The van der Waals surface area contributed by atoms with Crippen molar-refractivity contribution in [2.24, 2.45) is 11.8 Å². The quantitative estimate of drug-likeness (QED) is 0.794. The molecule has 0 fully saturated rings. The highest BCUT2D eigenvalue weighted by molar-refractivity contribution is 5.85. The van der Waals surface area contributed by atoms with Crippen LogP contribution in [-0.2, 0) is 16.1 Å². The van der Waals surface area contributed by atoms with Crippen molar-refractivity contribution in [3.05, 3.63) is 36.3 Å². The van der Waals surface area contributed by atoms with Gasteiger partial charge in [-0.15, -0.1) is 0 Å². The molecule has 96 valence electrons. The maximum Gasteiger partial charge on any atom is 0.307 e. The second-order valence-electron chi connectivity index (χ2n) is 4.29. The summed E-state index contributed by atoms with van der Waals surface area (Å²) in [6.07, 6.45) is 6.09. The SMILES string of the molecule is O=C(O)[C@H]1CC=CC[C@H]1C(=O)NCc1ccco1. The van der Waals surface area contributed by atoms with E-state index in [1.165, 1.54) is 6.26 Å². The Morgan fingerprint density at radius 2 is 2.06 bits per heavy atom. The number of nitrogens with one attached hydrogen (secondary N) is 1. The van der Waals surface area contributed by atoms with Gasteiger partial charge in [-0.2, -0.15) is 0 Å². The first kappa shape index (κ1) is 12.4. The lowest BCUT2D eigenvalue weighted by molar-refractivity contribution is -0.147. The fraction of sp³-hybridized carbons (Fsp3) is 0.385. The lowest BCUT2D eigenvalue weighted by Gasteiger charge is -2.23. The van der Waals surface area contributed by atoms with E-state index in [1.54, 1.807) is 12.1 Å². The van der Waals surface area contributed by atoms with E-state index in [0.29, 0.717) is 25.1 Å².